The Kier molecular flexibility index (Phi) is 2.71. The second-order valence-corrected chi connectivity index (χ2v) is 7.04. The van der Waals surface area contributed by atoms with E-state index in [0.29, 0.717) is 11.7 Å². The summed E-state index contributed by atoms with van der Waals surface area (Å²) in [6.45, 7) is 6.51. The Morgan fingerprint density at radius 3 is 2.89 bits per heavy atom. The highest BCUT2D eigenvalue weighted by atomic mass is 32.1. The molecule has 2 aliphatic rings. The van der Waals surface area contributed by atoms with E-state index in [2.05, 4.69) is 15.5 Å². The monoisotopic (exact) mass is 282 g/mol. The second-order valence-electron chi connectivity index (χ2n) is 5.86. The van der Waals surface area contributed by atoms with Crippen LogP contribution >= 0.6 is 11.3 Å². The van der Waals surface area contributed by atoms with E-state index in [9.17, 15) is 4.79 Å². The van der Waals surface area contributed by atoms with E-state index < -0.39 is 5.54 Å². The molecule has 0 bridgehead atoms. The standard InChI is InChI=1S/C12H18N4O2S/c1-6-15-16-10(19-6)14-9(17)12(13)7-4-5-18-8(7)11(12,2)3/h7-8H,4-5,13H2,1-3H3,(H,14,16,17). The minimum atomic E-state index is -0.895. The van der Waals surface area contributed by atoms with Crippen LogP contribution in [0.5, 0.6) is 0 Å². The summed E-state index contributed by atoms with van der Waals surface area (Å²) in [5.74, 6) is -0.0862. The Bertz CT molecular complexity index is 530. The zero-order chi connectivity index (χ0) is 13.8. The number of fused-ring (bicyclic) bond motifs is 1. The van der Waals surface area contributed by atoms with Crippen molar-refractivity contribution in [1.29, 1.82) is 0 Å². The molecule has 3 unspecified atom stereocenters. The van der Waals surface area contributed by atoms with Crippen molar-refractivity contribution in [2.24, 2.45) is 17.1 Å². The van der Waals surface area contributed by atoms with E-state index in [-0.39, 0.29) is 23.3 Å². The summed E-state index contributed by atoms with van der Waals surface area (Å²) in [6.07, 6.45) is 0.923. The van der Waals surface area contributed by atoms with Gasteiger partial charge in [-0.2, -0.15) is 0 Å². The molecule has 2 heterocycles. The number of carbonyl (C=O) groups excluding carboxylic acids is 1. The molecular formula is C12H18N4O2S. The van der Waals surface area contributed by atoms with Gasteiger partial charge in [0, 0.05) is 17.9 Å². The summed E-state index contributed by atoms with van der Waals surface area (Å²) < 4.78 is 5.68. The largest absolute Gasteiger partial charge is 0.377 e. The van der Waals surface area contributed by atoms with Crippen LogP contribution in [0.25, 0.3) is 0 Å². The number of aryl methyl sites for hydroxylation is 1. The molecule has 19 heavy (non-hydrogen) atoms. The molecule has 7 heteroatoms. The third-order valence-electron chi connectivity index (χ3n) is 4.58. The molecule has 0 radical (unpaired) electrons. The maximum absolute atomic E-state index is 12.5. The van der Waals surface area contributed by atoms with Crippen LogP contribution in [0.15, 0.2) is 0 Å². The average Bonchev–Trinajstić information content (AvgIpc) is 2.96. The van der Waals surface area contributed by atoms with Gasteiger partial charge in [0.2, 0.25) is 11.0 Å². The number of anilines is 1. The van der Waals surface area contributed by atoms with Crippen molar-refractivity contribution in [2.75, 3.05) is 11.9 Å². The Hall–Kier alpha value is -1.05. The van der Waals surface area contributed by atoms with E-state index in [4.69, 9.17) is 10.5 Å². The van der Waals surface area contributed by atoms with Crippen LogP contribution in [0.1, 0.15) is 25.3 Å². The number of amides is 1. The fraction of sp³-hybridized carbons (Fsp3) is 0.750. The molecule has 104 valence electrons. The number of rotatable bonds is 2. The molecular weight excluding hydrogens is 264 g/mol. The first-order valence-electron chi connectivity index (χ1n) is 6.39. The van der Waals surface area contributed by atoms with Crippen LogP contribution in [0.2, 0.25) is 0 Å². The molecule has 0 spiro atoms. The van der Waals surface area contributed by atoms with E-state index in [1.54, 1.807) is 0 Å². The van der Waals surface area contributed by atoms with Crippen LogP contribution in [0, 0.1) is 18.3 Å². The van der Waals surface area contributed by atoms with Gasteiger partial charge in [0.05, 0.1) is 6.10 Å². The minimum Gasteiger partial charge on any atom is -0.377 e. The van der Waals surface area contributed by atoms with Crippen LogP contribution in [0.4, 0.5) is 5.13 Å². The molecule has 3 atom stereocenters. The first-order chi connectivity index (χ1) is 8.87. The van der Waals surface area contributed by atoms with Crippen molar-refractivity contribution < 1.29 is 9.53 Å². The number of hydrogen-bond acceptors (Lipinski definition) is 6. The van der Waals surface area contributed by atoms with Gasteiger partial charge in [-0.3, -0.25) is 10.1 Å². The highest BCUT2D eigenvalue weighted by Crippen LogP contribution is 2.58. The zero-order valence-corrected chi connectivity index (χ0v) is 12.1. The van der Waals surface area contributed by atoms with Crippen molar-refractivity contribution in [3.05, 3.63) is 5.01 Å². The predicted molar refractivity (Wildman–Crippen MR) is 71.8 cm³/mol. The first kappa shape index (κ1) is 13.0. The average molecular weight is 282 g/mol. The number of aromatic nitrogens is 2. The highest BCUT2D eigenvalue weighted by Gasteiger charge is 2.71. The number of ether oxygens (including phenoxy) is 1. The van der Waals surface area contributed by atoms with Gasteiger partial charge in [0.1, 0.15) is 10.5 Å². The van der Waals surface area contributed by atoms with Crippen molar-refractivity contribution in [2.45, 2.75) is 38.8 Å². The second kappa shape index (κ2) is 3.97. The van der Waals surface area contributed by atoms with Gasteiger partial charge in [0.25, 0.3) is 0 Å². The lowest BCUT2D eigenvalue weighted by Gasteiger charge is -2.60. The Balaban J connectivity index is 1.82. The fourth-order valence-electron chi connectivity index (χ4n) is 3.39. The van der Waals surface area contributed by atoms with Gasteiger partial charge in [0.15, 0.2) is 0 Å². The summed E-state index contributed by atoms with van der Waals surface area (Å²) in [7, 11) is 0. The fourth-order valence-corrected chi connectivity index (χ4v) is 3.98. The van der Waals surface area contributed by atoms with Crippen molar-refractivity contribution in [3.8, 4) is 0 Å². The molecule has 1 aliphatic carbocycles. The number of carbonyl (C=O) groups is 1. The summed E-state index contributed by atoms with van der Waals surface area (Å²) >= 11 is 1.35. The molecule has 1 saturated heterocycles. The summed E-state index contributed by atoms with van der Waals surface area (Å²) in [4.78, 5) is 12.5. The van der Waals surface area contributed by atoms with E-state index >= 15 is 0 Å². The lowest BCUT2D eigenvalue weighted by molar-refractivity contribution is -0.170. The molecule has 6 nitrogen and oxygen atoms in total. The van der Waals surface area contributed by atoms with Crippen LogP contribution in [-0.2, 0) is 9.53 Å². The molecule has 1 aliphatic heterocycles. The number of nitrogens with one attached hydrogen (secondary N) is 1. The Labute approximate surface area is 115 Å². The third-order valence-corrected chi connectivity index (χ3v) is 5.33. The normalized spacial score (nSPS) is 35.6. The van der Waals surface area contributed by atoms with Gasteiger partial charge in [-0.1, -0.05) is 25.2 Å². The topological polar surface area (TPSA) is 90.1 Å². The third kappa shape index (κ3) is 1.58. The molecule has 1 aromatic heterocycles. The minimum absolute atomic E-state index is 0.0828. The maximum Gasteiger partial charge on any atom is 0.247 e. The van der Waals surface area contributed by atoms with Crippen LogP contribution in [0.3, 0.4) is 0 Å². The summed E-state index contributed by atoms with van der Waals surface area (Å²) in [5.41, 5.74) is 5.17. The number of hydrogen-bond donors (Lipinski definition) is 2. The van der Waals surface area contributed by atoms with Crippen LogP contribution < -0.4 is 11.1 Å². The van der Waals surface area contributed by atoms with Gasteiger partial charge < -0.3 is 10.5 Å². The summed E-state index contributed by atoms with van der Waals surface area (Å²) in [6, 6.07) is 0. The van der Waals surface area contributed by atoms with E-state index in [1.165, 1.54) is 11.3 Å². The lowest BCUT2D eigenvalue weighted by Crippen LogP contribution is -2.79. The van der Waals surface area contributed by atoms with Gasteiger partial charge >= 0.3 is 0 Å². The highest BCUT2D eigenvalue weighted by molar-refractivity contribution is 7.15. The summed E-state index contributed by atoms with van der Waals surface area (Å²) in [5, 5.41) is 11.9. The lowest BCUT2D eigenvalue weighted by atomic mass is 9.48. The SMILES string of the molecule is Cc1nnc(NC(=O)C2(N)C3CCOC3C2(C)C)s1. The molecule has 3 rings (SSSR count). The van der Waals surface area contributed by atoms with Crippen molar-refractivity contribution in [1.82, 2.24) is 10.2 Å². The van der Waals surface area contributed by atoms with Crippen LogP contribution in [-0.4, -0.2) is 34.4 Å². The molecule has 3 N–H and O–H groups in total. The van der Waals surface area contributed by atoms with Crippen molar-refractivity contribution in [3.63, 3.8) is 0 Å². The van der Waals surface area contributed by atoms with Gasteiger partial charge in [-0.05, 0) is 13.3 Å². The van der Waals surface area contributed by atoms with E-state index in [1.807, 2.05) is 20.8 Å². The first-order valence-corrected chi connectivity index (χ1v) is 7.21. The quantitative estimate of drug-likeness (QED) is 0.842. The Morgan fingerprint density at radius 1 is 1.53 bits per heavy atom. The maximum atomic E-state index is 12.5. The van der Waals surface area contributed by atoms with Gasteiger partial charge in [-0.15, -0.1) is 10.2 Å². The molecule has 1 amide bonds. The number of nitrogens with two attached hydrogens (primary N) is 1. The molecule has 1 aromatic rings. The smallest absolute Gasteiger partial charge is 0.247 e. The predicted octanol–water partition coefficient (Wildman–Crippen LogP) is 0.927. The Morgan fingerprint density at radius 2 is 2.26 bits per heavy atom. The number of nitrogens with zero attached hydrogens (tertiary/aromatic N) is 2. The zero-order valence-electron chi connectivity index (χ0n) is 11.3. The van der Waals surface area contributed by atoms with Crippen molar-refractivity contribution >= 4 is 22.4 Å². The molecule has 2 fully saturated rings. The molecule has 0 aromatic carbocycles. The van der Waals surface area contributed by atoms with Gasteiger partial charge in [-0.25, -0.2) is 0 Å². The molecule has 1 saturated carbocycles. The van der Waals surface area contributed by atoms with E-state index in [0.717, 1.165) is 11.4 Å².